The van der Waals surface area contributed by atoms with Crippen LogP contribution in [0.4, 0.5) is 0 Å². The fourth-order valence-electron chi connectivity index (χ4n) is 0.212. The third-order valence-corrected chi connectivity index (χ3v) is 0.428. The normalized spacial score (nSPS) is 12.6. The molecule has 0 aliphatic carbocycles. The fraction of sp³-hybridized carbons (Fsp3) is 0. The molecule has 0 N–H and O–H groups in total. The summed E-state index contributed by atoms with van der Waals surface area (Å²) in [4.78, 5) is 7.06. The molecule has 0 atom stereocenters. The lowest BCUT2D eigenvalue weighted by Crippen LogP contribution is -1.67. The molecule has 0 saturated carbocycles. The molecule has 3 nitrogen and oxygen atoms in total. The van der Waals surface area contributed by atoms with E-state index in [9.17, 15) is 0 Å². The lowest BCUT2D eigenvalue weighted by Gasteiger charge is -1.45. The van der Waals surface area contributed by atoms with Gasteiger partial charge in [-0.15, -0.1) is 4.67 Å². The van der Waals surface area contributed by atoms with Crippen LogP contribution in [-0.4, -0.2) is 24.4 Å². The largest absolute Gasteiger partial charge is 0.392 e. The summed E-state index contributed by atoms with van der Waals surface area (Å²) in [6.07, 6.45) is 2.70. The molecule has 1 aliphatic rings. The van der Waals surface area contributed by atoms with E-state index < -0.39 is 0 Å². The van der Waals surface area contributed by atoms with E-state index in [-0.39, 0.29) is 0 Å². The van der Waals surface area contributed by atoms with Crippen LogP contribution >= 0.6 is 0 Å². The van der Waals surface area contributed by atoms with E-state index in [1.165, 1.54) is 12.7 Å². The van der Waals surface area contributed by atoms with Crippen LogP contribution in [0.2, 0.25) is 0 Å². The maximum atomic E-state index is 3.56. The Labute approximate surface area is 40.2 Å². The first kappa shape index (κ1) is 3.79. The first-order valence-corrected chi connectivity index (χ1v) is 1.73. The third-order valence-electron chi connectivity index (χ3n) is 0.428. The summed E-state index contributed by atoms with van der Waals surface area (Å²) in [6, 6.07) is 0. The molecule has 32 valence electrons. The van der Waals surface area contributed by atoms with Crippen LogP contribution in [0.5, 0.6) is 0 Å². The van der Waals surface area contributed by atoms with Gasteiger partial charge in [-0.25, -0.2) is 0 Å². The van der Waals surface area contributed by atoms with E-state index in [0.29, 0.717) is 0 Å². The SMILES string of the molecule is C1=C=[N+]=CN=CN=1. The number of hydrogen-bond donors (Lipinski definition) is 0. The lowest BCUT2D eigenvalue weighted by atomic mass is 11.1. The van der Waals surface area contributed by atoms with Crippen LogP contribution in [0, 0.1) is 0 Å². The molecule has 1 aliphatic heterocycles. The van der Waals surface area contributed by atoms with Gasteiger partial charge in [-0.2, -0.15) is 4.99 Å². The Hall–Kier alpha value is -1.39. The molecule has 1 heterocycles. The summed E-state index contributed by atoms with van der Waals surface area (Å²) in [5.41, 5.74) is 0. The molecule has 3 heteroatoms. The van der Waals surface area contributed by atoms with Crippen LogP contribution in [0.15, 0.2) is 9.98 Å². The van der Waals surface area contributed by atoms with Crippen molar-refractivity contribution >= 4 is 24.4 Å². The molecule has 1 rings (SSSR count). The fourth-order valence-corrected chi connectivity index (χ4v) is 0.212. The summed E-state index contributed by atoms with van der Waals surface area (Å²) in [5.74, 6) is 4.75. The molecule has 0 bridgehead atoms. The van der Waals surface area contributed by atoms with Crippen LogP contribution in [0.3, 0.4) is 0 Å². The molecule has 0 saturated heterocycles. The zero-order chi connectivity index (χ0) is 4.95. The summed E-state index contributed by atoms with van der Waals surface area (Å²) < 4.78 is 3.49. The number of aliphatic imine (C=N–C) groups is 2. The molecule has 0 aromatic rings. The maximum absolute atomic E-state index is 3.56. The Bertz CT molecular complexity index is 187. The first-order valence-electron chi connectivity index (χ1n) is 1.73. The predicted octanol–water partition coefficient (Wildman–Crippen LogP) is -0.981. The van der Waals surface area contributed by atoms with E-state index in [1.807, 2.05) is 0 Å². The zero-order valence-electron chi connectivity index (χ0n) is 3.50. The Morgan fingerprint density at radius 1 is 1.57 bits per heavy atom. The van der Waals surface area contributed by atoms with E-state index >= 15 is 0 Å². The van der Waals surface area contributed by atoms with Crippen molar-refractivity contribution < 1.29 is 0 Å². The molecule has 0 fully saturated rings. The Morgan fingerprint density at radius 3 is 3.57 bits per heavy atom. The monoisotopic (exact) mass is 92.0 g/mol. The smallest absolute Gasteiger partial charge is 0.155 e. The average molecular weight is 92.1 g/mol. The van der Waals surface area contributed by atoms with Crippen LogP contribution in [0.1, 0.15) is 0 Å². The van der Waals surface area contributed by atoms with Gasteiger partial charge in [-0.3, -0.25) is 0 Å². The summed E-state index contributed by atoms with van der Waals surface area (Å²) in [7, 11) is 0. The quantitative estimate of drug-likeness (QED) is 0.344. The lowest BCUT2D eigenvalue weighted by molar-refractivity contribution is 1.65. The predicted molar refractivity (Wildman–Crippen MR) is 29.1 cm³/mol. The van der Waals surface area contributed by atoms with Crippen molar-refractivity contribution in [3.63, 3.8) is 0 Å². The summed E-state index contributed by atoms with van der Waals surface area (Å²) in [5, 5.41) is 0. The Kier molecular flexibility index (Phi) is 1.03. The molecule has 0 amide bonds. The van der Waals surface area contributed by atoms with Crippen molar-refractivity contribution in [3.8, 4) is 0 Å². The highest BCUT2D eigenvalue weighted by Crippen LogP contribution is 1.53. The highest BCUT2D eigenvalue weighted by Gasteiger charge is 1.73. The standard InChI is InChI=1S/C4H2N3/c1-2-6-4-7-3-5-1/h3-4H/q+1. The van der Waals surface area contributed by atoms with E-state index in [2.05, 4.69) is 26.4 Å². The molecule has 0 spiro atoms. The molecule has 0 unspecified atom stereocenters. The summed E-state index contributed by atoms with van der Waals surface area (Å²) >= 11 is 0. The van der Waals surface area contributed by atoms with Gasteiger partial charge in [0, 0.05) is 0 Å². The van der Waals surface area contributed by atoms with Crippen LogP contribution in [0.25, 0.3) is 0 Å². The van der Waals surface area contributed by atoms with Gasteiger partial charge in [0.05, 0.1) is 0 Å². The van der Waals surface area contributed by atoms with Gasteiger partial charge in [-0.1, -0.05) is 0 Å². The van der Waals surface area contributed by atoms with Crippen molar-refractivity contribution in [2.45, 2.75) is 0 Å². The van der Waals surface area contributed by atoms with Gasteiger partial charge in [-0.05, 0) is 4.99 Å². The topological polar surface area (TPSA) is 38.8 Å². The Balaban J connectivity index is 3.25. The van der Waals surface area contributed by atoms with Gasteiger partial charge in [0.2, 0.25) is 6.34 Å². The highest BCUT2D eigenvalue weighted by molar-refractivity contribution is 5.95. The number of rotatable bonds is 0. The number of nitrogens with zero attached hydrogens (tertiary/aromatic N) is 3. The summed E-state index contributed by atoms with van der Waals surface area (Å²) in [6.45, 7) is 0. The molecular weight excluding hydrogens is 90.1 g/mol. The van der Waals surface area contributed by atoms with E-state index in [0.717, 1.165) is 0 Å². The minimum absolute atomic E-state index is 1.35. The zero-order valence-corrected chi connectivity index (χ0v) is 3.50. The Morgan fingerprint density at radius 2 is 2.57 bits per heavy atom. The molecule has 7 heavy (non-hydrogen) atoms. The second kappa shape index (κ2) is 1.91. The molecule has 0 radical (unpaired) electrons. The van der Waals surface area contributed by atoms with Crippen molar-refractivity contribution in [2.75, 3.05) is 0 Å². The minimum atomic E-state index is 1.35. The van der Waals surface area contributed by atoms with Crippen molar-refractivity contribution in [3.05, 3.63) is 0 Å². The van der Waals surface area contributed by atoms with Gasteiger partial charge in [0.25, 0.3) is 5.87 Å². The van der Waals surface area contributed by atoms with Gasteiger partial charge in [0.15, 0.2) is 0 Å². The van der Waals surface area contributed by atoms with Gasteiger partial charge < -0.3 is 0 Å². The first-order chi connectivity index (χ1) is 3.50. The van der Waals surface area contributed by atoms with Gasteiger partial charge in [0.1, 0.15) is 5.87 Å². The molecule has 0 aromatic carbocycles. The third kappa shape index (κ3) is 0.998. The second-order valence-corrected chi connectivity index (χ2v) is 0.862. The van der Waals surface area contributed by atoms with E-state index in [1.54, 1.807) is 0 Å². The van der Waals surface area contributed by atoms with Gasteiger partial charge >= 0.3 is 6.34 Å². The minimum Gasteiger partial charge on any atom is -0.155 e. The molecule has 0 aromatic heterocycles. The maximum Gasteiger partial charge on any atom is 0.392 e. The van der Waals surface area contributed by atoms with Crippen LogP contribution < -0.4 is 4.67 Å². The van der Waals surface area contributed by atoms with Crippen molar-refractivity contribution in [1.29, 1.82) is 0 Å². The van der Waals surface area contributed by atoms with E-state index in [4.69, 9.17) is 0 Å². The van der Waals surface area contributed by atoms with Crippen molar-refractivity contribution in [1.82, 2.24) is 4.67 Å². The highest BCUT2D eigenvalue weighted by atomic mass is 14.9. The molecular formula is C4H2N3+. The average Bonchev–Trinajstić information content (AvgIpc) is 1.90. The second-order valence-electron chi connectivity index (χ2n) is 0.862. The van der Waals surface area contributed by atoms with Crippen molar-refractivity contribution in [2.24, 2.45) is 9.98 Å². The van der Waals surface area contributed by atoms with Crippen LogP contribution in [-0.2, 0) is 0 Å². The number of hydrogen-bond acceptors (Lipinski definition) is 2.